The van der Waals surface area contributed by atoms with Gasteiger partial charge in [0.1, 0.15) is 5.75 Å². The van der Waals surface area contributed by atoms with Crippen LogP contribution in [0.15, 0.2) is 48.6 Å². The van der Waals surface area contributed by atoms with Crippen molar-refractivity contribution in [1.82, 2.24) is 5.32 Å². The summed E-state index contributed by atoms with van der Waals surface area (Å²) < 4.78 is 5.34. The number of hydrogen-bond donors (Lipinski definition) is 1. The van der Waals surface area contributed by atoms with Gasteiger partial charge in [0.15, 0.2) is 0 Å². The average Bonchev–Trinajstić information content (AvgIpc) is 2.38. The lowest BCUT2D eigenvalue weighted by molar-refractivity contribution is -0.118. The number of carbonyl (C=O) groups is 1. The number of rotatable bonds is 6. The molecule has 0 atom stereocenters. The minimum absolute atomic E-state index is 0.0944. The van der Waals surface area contributed by atoms with Gasteiger partial charge in [0, 0.05) is 11.6 Å². The summed E-state index contributed by atoms with van der Waals surface area (Å²) >= 11 is 0. The molecule has 0 radical (unpaired) electrons. The number of hydrogen-bond acceptors (Lipinski definition) is 2. The fourth-order valence-corrected chi connectivity index (χ4v) is 2.00. The van der Waals surface area contributed by atoms with Crippen molar-refractivity contribution in [1.29, 1.82) is 0 Å². The molecule has 0 aliphatic carbocycles. The highest BCUT2D eigenvalue weighted by atomic mass is 16.5. The molecule has 20 heavy (non-hydrogen) atoms. The minimum Gasteiger partial charge on any atom is -0.496 e. The highest BCUT2D eigenvalue weighted by Gasteiger charge is 2.21. The molecule has 0 heterocycles. The molecule has 1 aromatic rings. The van der Waals surface area contributed by atoms with Crippen molar-refractivity contribution in [2.75, 3.05) is 7.11 Å². The van der Waals surface area contributed by atoms with Crippen LogP contribution >= 0.6 is 0 Å². The Kier molecular flexibility index (Phi) is 6.04. The Morgan fingerprint density at radius 2 is 2.00 bits per heavy atom. The molecule has 0 saturated heterocycles. The van der Waals surface area contributed by atoms with Crippen LogP contribution in [0.25, 0.3) is 0 Å². The molecule has 0 fully saturated rings. The van der Waals surface area contributed by atoms with E-state index in [1.165, 1.54) is 6.08 Å². The zero-order chi connectivity index (χ0) is 15.0. The second kappa shape index (κ2) is 7.53. The van der Waals surface area contributed by atoms with Gasteiger partial charge in [-0.1, -0.05) is 36.4 Å². The number of para-hydroxylation sites is 1. The molecule has 0 aliphatic rings. The zero-order valence-electron chi connectivity index (χ0n) is 12.6. The summed E-state index contributed by atoms with van der Waals surface area (Å²) in [6, 6.07) is 7.86. The molecular formula is C17H23NO2. The number of benzene rings is 1. The second-order valence-corrected chi connectivity index (χ2v) is 5.25. The van der Waals surface area contributed by atoms with Gasteiger partial charge >= 0.3 is 0 Å². The molecule has 0 spiro atoms. The predicted octanol–water partition coefficient (Wildman–Crippen LogP) is 3.26. The van der Waals surface area contributed by atoms with Crippen LogP contribution in [0.2, 0.25) is 0 Å². The van der Waals surface area contributed by atoms with Crippen LogP contribution in [0, 0.1) is 0 Å². The van der Waals surface area contributed by atoms with Crippen LogP contribution in [-0.2, 0) is 11.2 Å². The SMILES string of the molecule is C/C=C/C=C/C(=O)NC(C)(C)Cc1ccccc1OC. The number of ether oxygens (including phenoxy) is 1. The van der Waals surface area contributed by atoms with Crippen molar-refractivity contribution in [3.8, 4) is 5.75 Å². The maximum absolute atomic E-state index is 11.8. The first-order chi connectivity index (χ1) is 9.48. The summed E-state index contributed by atoms with van der Waals surface area (Å²) in [5.41, 5.74) is 0.740. The molecule has 0 bridgehead atoms. The molecule has 1 amide bonds. The molecule has 3 nitrogen and oxygen atoms in total. The number of carbonyl (C=O) groups excluding carboxylic acids is 1. The number of methoxy groups -OCH3 is 1. The zero-order valence-corrected chi connectivity index (χ0v) is 12.6. The molecule has 0 saturated carbocycles. The molecule has 0 aromatic heterocycles. The van der Waals surface area contributed by atoms with E-state index < -0.39 is 0 Å². The predicted molar refractivity (Wildman–Crippen MR) is 82.9 cm³/mol. The summed E-state index contributed by atoms with van der Waals surface area (Å²) in [4.78, 5) is 11.8. The van der Waals surface area contributed by atoms with Crippen molar-refractivity contribution in [3.05, 3.63) is 54.1 Å². The van der Waals surface area contributed by atoms with Crippen LogP contribution in [-0.4, -0.2) is 18.6 Å². The fraction of sp³-hybridized carbons (Fsp3) is 0.353. The van der Waals surface area contributed by atoms with E-state index in [0.717, 1.165) is 11.3 Å². The molecule has 0 unspecified atom stereocenters. The van der Waals surface area contributed by atoms with Crippen LogP contribution in [0.5, 0.6) is 5.75 Å². The first-order valence-corrected chi connectivity index (χ1v) is 6.72. The Balaban J connectivity index is 2.71. The van der Waals surface area contributed by atoms with Crippen molar-refractivity contribution >= 4 is 5.91 Å². The van der Waals surface area contributed by atoms with Gasteiger partial charge in [-0.2, -0.15) is 0 Å². The Hall–Kier alpha value is -2.03. The Bertz CT molecular complexity index is 501. The van der Waals surface area contributed by atoms with E-state index in [0.29, 0.717) is 6.42 Å². The molecule has 0 aliphatic heterocycles. The van der Waals surface area contributed by atoms with Crippen LogP contribution in [0.1, 0.15) is 26.3 Å². The van der Waals surface area contributed by atoms with E-state index >= 15 is 0 Å². The lowest BCUT2D eigenvalue weighted by Crippen LogP contribution is -2.44. The van der Waals surface area contributed by atoms with E-state index in [1.807, 2.05) is 57.2 Å². The molecule has 1 rings (SSSR count). The van der Waals surface area contributed by atoms with Gasteiger partial charge in [0.25, 0.3) is 0 Å². The van der Waals surface area contributed by atoms with E-state index in [4.69, 9.17) is 4.74 Å². The van der Waals surface area contributed by atoms with E-state index in [-0.39, 0.29) is 11.4 Å². The van der Waals surface area contributed by atoms with Gasteiger partial charge in [-0.3, -0.25) is 4.79 Å². The van der Waals surface area contributed by atoms with Crippen LogP contribution in [0.4, 0.5) is 0 Å². The third-order valence-electron chi connectivity index (χ3n) is 2.84. The first-order valence-electron chi connectivity index (χ1n) is 6.72. The Morgan fingerprint density at radius 3 is 2.65 bits per heavy atom. The monoisotopic (exact) mass is 273 g/mol. The molecule has 108 valence electrons. The van der Waals surface area contributed by atoms with Crippen LogP contribution < -0.4 is 10.1 Å². The fourth-order valence-electron chi connectivity index (χ4n) is 2.00. The van der Waals surface area contributed by atoms with Crippen molar-refractivity contribution in [2.45, 2.75) is 32.7 Å². The van der Waals surface area contributed by atoms with E-state index in [2.05, 4.69) is 5.32 Å². The highest BCUT2D eigenvalue weighted by Crippen LogP contribution is 2.22. The maximum atomic E-state index is 11.8. The Morgan fingerprint density at radius 1 is 1.30 bits per heavy atom. The summed E-state index contributed by atoms with van der Waals surface area (Å²) in [6.07, 6.45) is 7.68. The third-order valence-corrected chi connectivity index (χ3v) is 2.84. The van der Waals surface area contributed by atoms with Crippen LogP contribution in [0.3, 0.4) is 0 Å². The standard InChI is InChI=1S/C17H23NO2/c1-5-6-7-12-16(19)18-17(2,3)13-14-10-8-9-11-15(14)20-4/h5-12H,13H2,1-4H3,(H,18,19)/b6-5+,12-7+. The maximum Gasteiger partial charge on any atom is 0.244 e. The number of nitrogens with one attached hydrogen (secondary N) is 1. The van der Waals surface area contributed by atoms with Gasteiger partial charge in [-0.05, 0) is 38.8 Å². The van der Waals surface area contributed by atoms with E-state index in [1.54, 1.807) is 13.2 Å². The molecule has 3 heteroatoms. The third kappa shape index (κ3) is 5.31. The topological polar surface area (TPSA) is 38.3 Å². The number of amides is 1. The minimum atomic E-state index is -0.341. The normalized spacial score (nSPS) is 12.0. The largest absolute Gasteiger partial charge is 0.496 e. The second-order valence-electron chi connectivity index (χ2n) is 5.25. The lowest BCUT2D eigenvalue weighted by atomic mass is 9.94. The Labute approximate surface area is 121 Å². The van der Waals surface area contributed by atoms with Crippen molar-refractivity contribution in [2.24, 2.45) is 0 Å². The molecule has 1 N–H and O–H groups in total. The number of allylic oxidation sites excluding steroid dienone is 3. The van der Waals surface area contributed by atoms with Gasteiger partial charge in [0.2, 0.25) is 5.91 Å². The highest BCUT2D eigenvalue weighted by molar-refractivity contribution is 5.88. The summed E-state index contributed by atoms with van der Waals surface area (Å²) in [6.45, 7) is 5.91. The van der Waals surface area contributed by atoms with Gasteiger partial charge in [-0.25, -0.2) is 0 Å². The lowest BCUT2D eigenvalue weighted by Gasteiger charge is -2.26. The first kappa shape index (κ1) is 16.0. The van der Waals surface area contributed by atoms with E-state index in [9.17, 15) is 4.79 Å². The van der Waals surface area contributed by atoms with Crippen molar-refractivity contribution in [3.63, 3.8) is 0 Å². The quantitative estimate of drug-likeness (QED) is 0.638. The summed E-state index contributed by atoms with van der Waals surface area (Å²) in [7, 11) is 1.66. The molecular weight excluding hydrogens is 250 g/mol. The van der Waals surface area contributed by atoms with Gasteiger partial charge in [-0.15, -0.1) is 0 Å². The average molecular weight is 273 g/mol. The van der Waals surface area contributed by atoms with Gasteiger partial charge in [0.05, 0.1) is 7.11 Å². The van der Waals surface area contributed by atoms with Crippen molar-refractivity contribution < 1.29 is 9.53 Å². The summed E-state index contributed by atoms with van der Waals surface area (Å²) in [5.74, 6) is 0.752. The van der Waals surface area contributed by atoms with Gasteiger partial charge < -0.3 is 10.1 Å². The molecule has 1 aromatic carbocycles. The summed E-state index contributed by atoms with van der Waals surface area (Å²) in [5, 5.41) is 3.00. The smallest absolute Gasteiger partial charge is 0.244 e.